The summed E-state index contributed by atoms with van der Waals surface area (Å²) in [6.07, 6.45) is 6.37. The van der Waals surface area contributed by atoms with Gasteiger partial charge in [0.05, 0.1) is 18.2 Å². The Morgan fingerprint density at radius 1 is 1.20 bits per heavy atom. The zero-order valence-electron chi connectivity index (χ0n) is 7.74. The molecule has 2 nitrogen and oxygen atoms in total. The number of nitrogens with zero attached hydrogens (tertiary/aromatic N) is 1. The van der Waals surface area contributed by atoms with Gasteiger partial charge in [0, 0.05) is 11.6 Å². The fourth-order valence-electron chi connectivity index (χ4n) is 1.17. The van der Waals surface area contributed by atoms with Crippen LogP contribution in [0.2, 0.25) is 0 Å². The highest BCUT2D eigenvalue weighted by molar-refractivity contribution is 5.67. The Bertz CT molecular complexity index is 475. The van der Waals surface area contributed by atoms with Crippen molar-refractivity contribution < 1.29 is 8.78 Å². The predicted octanol–water partition coefficient (Wildman–Crippen LogP) is 2.86. The van der Waals surface area contributed by atoms with Gasteiger partial charge < -0.3 is 4.98 Å². The van der Waals surface area contributed by atoms with E-state index in [1.54, 1.807) is 18.3 Å². The first-order valence-corrected chi connectivity index (χ1v) is 4.37. The van der Waals surface area contributed by atoms with Crippen molar-refractivity contribution >= 4 is 12.2 Å². The van der Waals surface area contributed by atoms with Gasteiger partial charge in [0.2, 0.25) is 0 Å². The van der Waals surface area contributed by atoms with Gasteiger partial charge in [-0.1, -0.05) is 0 Å². The van der Waals surface area contributed by atoms with Gasteiger partial charge >= 0.3 is 0 Å². The summed E-state index contributed by atoms with van der Waals surface area (Å²) in [4.78, 5) is 6.65. The molecule has 0 saturated heterocycles. The second-order valence-electron chi connectivity index (χ2n) is 3.01. The maximum Gasteiger partial charge on any atom is 0.133 e. The predicted molar refractivity (Wildman–Crippen MR) is 53.9 cm³/mol. The fourth-order valence-corrected chi connectivity index (χ4v) is 1.17. The Morgan fingerprint density at radius 2 is 2.07 bits per heavy atom. The van der Waals surface area contributed by atoms with Crippen LogP contribution < -0.4 is 0 Å². The average molecular weight is 206 g/mol. The lowest BCUT2D eigenvalue weighted by molar-refractivity contribution is 0.581. The molecule has 0 fully saturated rings. The van der Waals surface area contributed by atoms with Gasteiger partial charge in [-0.05, 0) is 24.3 Å². The van der Waals surface area contributed by atoms with Crippen molar-refractivity contribution in [2.45, 2.75) is 0 Å². The molecular formula is C11H8F2N2. The van der Waals surface area contributed by atoms with Crippen molar-refractivity contribution in [3.8, 4) is 0 Å². The number of benzene rings is 1. The third kappa shape index (κ3) is 2.28. The first kappa shape index (κ1) is 9.58. The molecule has 0 saturated carbocycles. The molecular weight excluding hydrogens is 198 g/mol. The first-order chi connectivity index (χ1) is 7.25. The number of hydrogen-bond donors (Lipinski definition) is 1. The first-order valence-electron chi connectivity index (χ1n) is 4.37. The Labute approximate surface area is 85.3 Å². The summed E-state index contributed by atoms with van der Waals surface area (Å²) in [5.41, 5.74) is 1.10. The number of nitrogens with one attached hydrogen (secondary N) is 1. The summed E-state index contributed by atoms with van der Waals surface area (Å²) < 4.78 is 25.7. The molecule has 15 heavy (non-hydrogen) atoms. The molecule has 1 aromatic carbocycles. The van der Waals surface area contributed by atoms with Gasteiger partial charge in [-0.2, -0.15) is 0 Å². The van der Waals surface area contributed by atoms with Crippen molar-refractivity contribution in [2.24, 2.45) is 0 Å². The van der Waals surface area contributed by atoms with Crippen LogP contribution in [0.1, 0.15) is 11.3 Å². The molecule has 1 heterocycles. The number of aromatic nitrogens is 2. The highest BCUT2D eigenvalue weighted by atomic mass is 19.1. The van der Waals surface area contributed by atoms with Gasteiger partial charge in [0.15, 0.2) is 0 Å². The summed E-state index contributed by atoms with van der Waals surface area (Å²) in [7, 11) is 0. The number of hydrogen-bond acceptors (Lipinski definition) is 1. The summed E-state index contributed by atoms with van der Waals surface area (Å²) in [5.74, 6) is -1.16. The van der Waals surface area contributed by atoms with E-state index in [-0.39, 0.29) is 0 Å². The molecule has 0 bridgehead atoms. The van der Waals surface area contributed by atoms with Crippen LogP contribution in [-0.4, -0.2) is 9.97 Å². The van der Waals surface area contributed by atoms with E-state index in [0.717, 1.165) is 11.8 Å². The zero-order valence-corrected chi connectivity index (χ0v) is 7.74. The summed E-state index contributed by atoms with van der Waals surface area (Å²) in [5, 5.41) is 0. The van der Waals surface area contributed by atoms with E-state index >= 15 is 0 Å². The molecule has 0 aliphatic carbocycles. The molecule has 0 atom stereocenters. The summed E-state index contributed by atoms with van der Waals surface area (Å²) in [6.45, 7) is 0. The van der Waals surface area contributed by atoms with Gasteiger partial charge in [-0.15, -0.1) is 0 Å². The Kier molecular flexibility index (Phi) is 2.58. The molecule has 1 N–H and O–H groups in total. The van der Waals surface area contributed by atoms with E-state index in [0.29, 0.717) is 5.56 Å². The fraction of sp³-hybridized carbons (Fsp3) is 0. The maximum absolute atomic E-state index is 13.2. The van der Waals surface area contributed by atoms with Crippen molar-refractivity contribution in [1.82, 2.24) is 9.97 Å². The molecule has 1 aromatic heterocycles. The van der Waals surface area contributed by atoms with Crippen LogP contribution in [0.15, 0.2) is 30.7 Å². The highest BCUT2D eigenvalue weighted by Crippen LogP contribution is 2.12. The molecule has 2 rings (SSSR count). The molecule has 4 heteroatoms. The van der Waals surface area contributed by atoms with Gasteiger partial charge in [-0.3, -0.25) is 0 Å². The number of imidazole rings is 1. The molecule has 0 aliphatic heterocycles. The smallest absolute Gasteiger partial charge is 0.133 e. The van der Waals surface area contributed by atoms with Crippen LogP contribution in [0.25, 0.3) is 12.2 Å². The molecule has 0 aliphatic rings. The maximum atomic E-state index is 13.2. The largest absolute Gasteiger partial charge is 0.345 e. The van der Waals surface area contributed by atoms with Crippen LogP contribution in [0.5, 0.6) is 0 Å². The van der Waals surface area contributed by atoms with Crippen molar-refractivity contribution in [2.75, 3.05) is 0 Å². The SMILES string of the molecule is Fc1ccc(/C=C/c2cnc[nH]2)c(F)c1. The molecule has 76 valence electrons. The lowest BCUT2D eigenvalue weighted by Gasteiger charge is -1.95. The quantitative estimate of drug-likeness (QED) is 0.804. The monoisotopic (exact) mass is 206 g/mol. The molecule has 0 spiro atoms. The van der Waals surface area contributed by atoms with Crippen LogP contribution in [0.3, 0.4) is 0 Å². The Morgan fingerprint density at radius 3 is 2.73 bits per heavy atom. The number of H-pyrrole nitrogens is 1. The Balaban J connectivity index is 2.24. The minimum Gasteiger partial charge on any atom is -0.345 e. The lowest BCUT2D eigenvalue weighted by atomic mass is 10.2. The zero-order chi connectivity index (χ0) is 10.7. The summed E-state index contributed by atoms with van der Waals surface area (Å²) >= 11 is 0. The van der Waals surface area contributed by atoms with Crippen LogP contribution in [0.4, 0.5) is 8.78 Å². The van der Waals surface area contributed by atoms with Crippen molar-refractivity contribution in [3.05, 3.63) is 53.6 Å². The molecule has 0 unspecified atom stereocenters. The highest BCUT2D eigenvalue weighted by Gasteiger charge is 1.99. The summed E-state index contributed by atoms with van der Waals surface area (Å²) in [6, 6.07) is 3.46. The van der Waals surface area contributed by atoms with Crippen LogP contribution in [0, 0.1) is 11.6 Å². The lowest BCUT2D eigenvalue weighted by Crippen LogP contribution is -1.83. The average Bonchev–Trinajstić information content (AvgIpc) is 2.69. The second kappa shape index (κ2) is 4.04. The van der Waals surface area contributed by atoms with Crippen molar-refractivity contribution in [3.63, 3.8) is 0 Å². The van der Waals surface area contributed by atoms with Gasteiger partial charge in [0.25, 0.3) is 0 Å². The third-order valence-electron chi connectivity index (χ3n) is 1.92. The normalized spacial score (nSPS) is 11.1. The van der Waals surface area contributed by atoms with E-state index in [9.17, 15) is 8.78 Å². The van der Waals surface area contributed by atoms with Crippen LogP contribution >= 0.6 is 0 Å². The van der Waals surface area contributed by atoms with E-state index < -0.39 is 11.6 Å². The molecule has 0 radical (unpaired) electrons. The number of halogens is 2. The number of rotatable bonds is 2. The van der Waals surface area contributed by atoms with E-state index in [1.807, 2.05) is 0 Å². The Hall–Kier alpha value is -1.97. The third-order valence-corrected chi connectivity index (χ3v) is 1.92. The van der Waals surface area contributed by atoms with Gasteiger partial charge in [0.1, 0.15) is 11.6 Å². The topological polar surface area (TPSA) is 28.7 Å². The second-order valence-corrected chi connectivity index (χ2v) is 3.01. The molecule has 2 aromatic rings. The molecule has 0 amide bonds. The standard InChI is InChI=1S/C11H8F2N2/c12-9-3-1-8(11(13)5-9)2-4-10-6-14-7-15-10/h1-7H,(H,14,15)/b4-2+. The van der Waals surface area contributed by atoms with E-state index in [2.05, 4.69) is 9.97 Å². The minimum absolute atomic E-state index is 0.339. The van der Waals surface area contributed by atoms with Crippen molar-refractivity contribution in [1.29, 1.82) is 0 Å². The van der Waals surface area contributed by atoms with Gasteiger partial charge in [-0.25, -0.2) is 13.8 Å². The number of aromatic amines is 1. The van der Waals surface area contributed by atoms with E-state index in [1.165, 1.54) is 18.5 Å². The minimum atomic E-state index is -0.578. The van der Waals surface area contributed by atoms with E-state index in [4.69, 9.17) is 0 Å². The van der Waals surface area contributed by atoms with Crippen LogP contribution in [-0.2, 0) is 0 Å².